The molecule has 30 heavy (non-hydrogen) atoms. The van der Waals surface area contributed by atoms with Crippen LogP contribution >= 0.6 is 0 Å². The predicted octanol–water partition coefficient (Wildman–Crippen LogP) is 2.03. The van der Waals surface area contributed by atoms with Crippen molar-refractivity contribution < 1.29 is 18.7 Å². The van der Waals surface area contributed by atoms with Crippen molar-refractivity contribution in [3.8, 4) is 0 Å². The van der Waals surface area contributed by atoms with Crippen molar-refractivity contribution in [3.63, 3.8) is 0 Å². The SMILES string of the molecule is Cc1ccc(F)c2c1NC(C(=O)N[C@@H]1CCC[C@@H](N3CCN4C(=O)OCC4C3)C1)C2. The van der Waals surface area contributed by atoms with Crippen LogP contribution in [0.25, 0.3) is 0 Å². The van der Waals surface area contributed by atoms with E-state index >= 15 is 0 Å². The molecule has 0 aromatic heterocycles. The number of rotatable bonds is 3. The lowest BCUT2D eigenvalue weighted by molar-refractivity contribution is -0.122. The molecule has 1 aliphatic carbocycles. The van der Waals surface area contributed by atoms with E-state index in [1.54, 1.807) is 6.07 Å². The van der Waals surface area contributed by atoms with E-state index in [1.807, 2.05) is 11.8 Å². The summed E-state index contributed by atoms with van der Waals surface area (Å²) in [5, 5.41) is 6.44. The number of nitrogens with one attached hydrogen (secondary N) is 2. The number of fused-ring (bicyclic) bond motifs is 2. The zero-order valence-electron chi connectivity index (χ0n) is 17.3. The Kier molecular flexibility index (Phi) is 5.05. The number of nitrogens with zero attached hydrogens (tertiary/aromatic N) is 2. The van der Waals surface area contributed by atoms with Gasteiger partial charge in [0.1, 0.15) is 18.5 Å². The van der Waals surface area contributed by atoms with Crippen LogP contribution in [0.1, 0.15) is 36.8 Å². The van der Waals surface area contributed by atoms with Gasteiger partial charge in [-0.3, -0.25) is 14.6 Å². The average molecular weight is 416 g/mol. The highest BCUT2D eigenvalue weighted by molar-refractivity contribution is 5.88. The third-order valence-corrected chi connectivity index (χ3v) is 7.16. The van der Waals surface area contributed by atoms with Gasteiger partial charge in [0.15, 0.2) is 0 Å². The first kappa shape index (κ1) is 19.6. The van der Waals surface area contributed by atoms with Crippen LogP contribution in [-0.4, -0.2) is 72.2 Å². The van der Waals surface area contributed by atoms with Crippen molar-refractivity contribution in [3.05, 3.63) is 29.1 Å². The first-order valence-electron chi connectivity index (χ1n) is 11.0. The summed E-state index contributed by atoms with van der Waals surface area (Å²) in [7, 11) is 0. The maximum atomic E-state index is 14.1. The van der Waals surface area contributed by atoms with Crippen molar-refractivity contribution in [2.45, 2.75) is 63.2 Å². The highest BCUT2D eigenvalue weighted by Gasteiger charge is 2.40. The Hall–Kier alpha value is -2.35. The first-order chi connectivity index (χ1) is 14.5. The minimum Gasteiger partial charge on any atom is -0.447 e. The summed E-state index contributed by atoms with van der Waals surface area (Å²) >= 11 is 0. The number of carbonyl (C=O) groups is 2. The Morgan fingerprint density at radius 3 is 2.97 bits per heavy atom. The van der Waals surface area contributed by atoms with Crippen LogP contribution in [0, 0.1) is 12.7 Å². The van der Waals surface area contributed by atoms with Crippen molar-refractivity contribution >= 4 is 17.7 Å². The minimum absolute atomic E-state index is 0.0461. The fourth-order valence-electron chi connectivity index (χ4n) is 5.50. The second kappa shape index (κ2) is 7.72. The molecule has 0 bridgehead atoms. The molecule has 1 aromatic carbocycles. The van der Waals surface area contributed by atoms with Crippen LogP contribution in [-0.2, 0) is 16.0 Å². The Morgan fingerprint density at radius 2 is 2.13 bits per heavy atom. The molecule has 8 heteroatoms. The van der Waals surface area contributed by atoms with E-state index in [-0.39, 0.29) is 29.9 Å². The van der Waals surface area contributed by atoms with Gasteiger partial charge in [-0.25, -0.2) is 9.18 Å². The molecule has 0 radical (unpaired) electrons. The van der Waals surface area contributed by atoms with Crippen LogP contribution in [0.5, 0.6) is 0 Å². The third kappa shape index (κ3) is 3.51. The fraction of sp³-hybridized carbons (Fsp3) is 0.636. The van der Waals surface area contributed by atoms with Gasteiger partial charge in [0.2, 0.25) is 5.91 Å². The zero-order chi connectivity index (χ0) is 20.8. The molecule has 3 fully saturated rings. The number of benzene rings is 1. The van der Waals surface area contributed by atoms with Gasteiger partial charge in [-0.05, 0) is 44.2 Å². The van der Waals surface area contributed by atoms with Gasteiger partial charge in [-0.2, -0.15) is 0 Å². The number of halogens is 1. The number of carbonyl (C=O) groups excluding carboxylic acids is 2. The van der Waals surface area contributed by atoms with E-state index < -0.39 is 6.04 Å². The van der Waals surface area contributed by atoms with Gasteiger partial charge in [-0.1, -0.05) is 6.07 Å². The third-order valence-electron chi connectivity index (χ3n) is 7.16. The summed E-state index contributed by atoms with van der Waals surface area (Å²) in [6.45, 7) is 4.82. The highest BCUT2D eigenvalue weighted by Crippen LogP contribution is 2.32. The largest absolute Gasteiger partial charge is 0.447 e. The Labute approximate surface area is 175 Å². The first-order valence-corrected chi connectivity index (χ1v) is 11.0. The van der Waals surface area contributed by atoms with Crippen molar-refractivity contribution in [2.75, 3.05) is 31.6 Å². The van der Waals surface area contributed by atoms with Gasteiger partial charge in [0.05, 0.1) is 6.04 Å². The number of hydrogen-bond donors (Lipinski definition) is 2. The van der Waals surface area contributed by atoms with Crippen molar-refractivity contribution in [1.82, 2.24) is 15.1 Å². The van der Waals surface area contributed by atoms with E-state index in [4.69, 9.17) is 4.74 Å². The summed E-state index contributed by atoms with van der Waals surface area (Å²) < 4.78 is 19.3. The van der Waals surface area contributed by atoms with Gasteiger partial charge in [-0.15, -0.1) is 0 Å². The second-order valence-electron chi connectivity index (χ2n) is 9.06. The molecule has 3 heterocycles. The number of hydrogen-bond acceptors (Lipinski definition) is 5. The van der Waals surface area contributed by atoms with Crippen LogP contribution in [0.15, 0.2) is 12.1 Å². The van der Waals surface area contributed by atoms with Crippen LogP contribution in [0.3, 0.4) is 0 Å². The topological polar surface area (TPSA) is 73.9 Å². The van der Waals surface area contributed by atoms with Crippen molar-refractivity contribution in [1.29, 1.82) is 0 Å². The minimum atomic E-state index is -0.416. The maximum absolute atomic E-state index is 14.1. The quantitative estimate of drug-likeness (QED) is 0.789. The second-order valence-corrected chi connectivity index (χ2v) is 9.06. The lowest BCUT2D eigenvalue weighted by Crippen LogP contribution is -2.57. The molecule has 162 valence electrons. The smallest absolute Gasteiger partial charge is 0.410 e. The molecule has 2 saturated heterocycles. The molecule has 4 atom stereocenters. The van der Waals surface area contributed by atoms with E-state index in [0.717, 1.165) is 50.0 Å². The van der Waals surface area contributed by atoms with Crippen molar-refractivity contribution in [2.24, 2.45) is 0 Å². The van der Waals surface area contributed by atoms with Gasteiger partial charge in [0, 0.05) is 49.4 Å². The normalized spacial score (nSPS) is 31.0. The van der Waals surface area contributed by atoms with E-state index in [2.05, 4.69) is 15.5 Å². The van der Waals surface area contributed by atoms with Gasteiger partial charge < -0.3 is 15.4 Å². The van der Waals surface area contributed by atoms with Crippen LogP contribution in [0.4, 0.5) is 14.9 Å². The Bertz CT molecular complexity index is 832. The molecule has 7 nitrogen and oxygen atoms in total. The van der Waals surface area contributed by atoms with E-state index in [1.165, 1.54) is 6.07 Å². The lowest BCUT2D eigenvalue weighted by atomic mass is 9.89. The number of cyclic esters (lactones) is 1. The van der Waals surface area contributed by atoms with E-state index in [0.29, 0.717) is 31.2 Å². The number of aryl methyl sites for hydroxylation is 1. The monoisotopic (exact) mass is 416 g/mol. The molecule has 1 saturated carbocycles. The predicted molar refractivity (Wildman–Crippen MR) is 110 cm³/mol. The molecular formula is C22H29FN4O3. The summed E-state index contributed by atoms with van der Waals surface area (Å²) in [5.74, 6) is -0.292. The van der Waals surface area contributed by atoms with Crippen LogP contribution < -0.4 is 10.6 Å². The fourth-order valence-corrected chi connectivity index (χ4v) is 5.50. The lowest BCUT2D eigenvalue weighted by Gasteiger charge is -2.43. The highest BCUT2D eigenvalue weighted by atomic mass is 19.1. The summed E-state index contributed by atoms with van der Waals surface area (Å²) in [5.41, 5.74) is 2.35. The zero-order valence-corrected chi connectivity index (χ0v) is 17.3. The van der Waals surface area contributed by atoms with Gasteiger partial charge >= 0.3 is 6.09 Å². The van der Waals surface area contributed by atoms with Crippen LogP contribution in [0.2, 0.25) is 0 Å². The maximum Gasteiger partial charge on any atom is 0.410 e. The Morgan fingerprint density at radius 1 is 1.27 bits per heavy atom. The molecule has 3 aliphatic heterocycles. The summed E-state index contributed by atoms with van der Waals surface area (Å²) in [4.78, 5) is 28.9. The number of amides is 2. The Balaban J connectivity index is 1.17. The molecular weight excluding hydrogens is 387 g/mol. The summed E-state index contributed by atoms with van der Waals surface area (Å²) in [6.07, 6.45) is 4.28. The molecule has 2 amide bonds. The summed E-state index contributed by atoms with van der Waals surface area (Å²) in [6, 6.07) is 3.50. The molecule has 5 rings (SSSR count). The van der Waals surface area contributed by atoms with E-state index in [9.17, 15) is 14.0 Å². The molecule has 2 N–H and O–H groups in total. The molecule has 2 unspecified atom stereocenters. The number of anilines is 1. The molecule has 4 aliphatic rings. The molecule has 1 aromatic rings. The number of ether oxygens (including phenoxy) is 1. The van der Waals surface area contributed by atoms with Gasteiger partial charge in [0.25, 0.3) is 0 Å². The average Bonchev–Trinajstić information content (AvgIpc) is 3.36. The molecule has 0 spiro atoms. The number of piperazine rings is 1. The standard InChI is InChI=1S/C22H29FN4O3/c1-13-5-6-18(23)17-10-19(25-20(13)17)21(28)24-14-3-2-4-15(9-14)26-7-8-27-16(11-26)12-30-22(27)29/h5-6,14-16,19,25H,2-4,7-12H2,1H3,(H,24,28)/t14-,15-,16?,19?/m1/s1.